The number of carbonyl (C=O) groups is 2. The van der Waals surface area contributed by atoms with Crippen molar-refractivity contribution in [2.75, 3.05) is 47.4 Å². The van der Waals surface area contributed by atoms with Crippen LogP contribution in [0.4, 0.5) is 0 Å². The van der Waals surface area contributed by atoms with Crippen molar-refractivity contribution in [2.45, 2.75) is 64.8 Å². The van der Waals surface area contributed by atoms with Crippen LogP contribution in [0.5, 0.6) is 0 Å². The Hall–Kier alpha value is -2.04. The first kappa shape index (κ1) is 26.2. The fraction of sp³-hybridized carbons (Fsp3) is 0.818. The second-order valence-electron chi connectivity index (χ2n) is 9.16. The molecule has 32 heavy (non-hydrogen) atoms. The van der Waals surface area contributed by atoms with Gasteiger partial charge in [0.05, 0.1) is 31.6 Å². The summed E-state index contributed by atoms with van der Waals surface area (Å²) in [5, 5.41) is 18.0. The molecule has 0 unspecified atom stereocenters. The van der Waals surface area contributed by atoms with Gasteiger partial charge in [-0.3, -0.25) is 14.3 Å². The molecule has 0 saturated heterocycles. The highest BCUT2D eigenvalue weighted by Gasteiger charge is 2.28. The van der Waals surface area contributed by atoms with Gasteiger partial charge in [-0.2, -0.15) is 0 Å². The molecule has 1 aliphatic rings. The van der Waals surface area contributed by atoms with Crippen molar-refractivity contribution in [2.24, 2.45) is 5.92 Å². The van der Waals surface area contributed by atoms with E-state index < -0.39 is 0 Å². The van der Waals surface area contributed by atoms with Crippen molar-refractivity contribution in [1.82, 2.24) is 29.7 Å². The molecule has 0 saturated carbocycles. The van der Waals surface area contributed by atoms with Gasteiger partial charge in [0, 0.05) is 45.4 Å². The number of amides is 2. The number of aromatic nitrogens is 3. The summed E-state index contributed by atoms with van der Waals surface area (Å²) in [6.45, 7) is 6.41. The molecule has 10 heteroatoms. The molecule has 0 aliphatic carbocycles. The van der Waals surface area contributed by atoms with Gasteiger partial charge < -0.3 is 24.5 Å². The van der Waals surface area contributed by atoms with Crippen molar-refractivity contribution in [3.05, 3.63) is 11.9 Å². The van der Waals surface area contributed by atoms with Crippen LogP contribution < -0.4 is 0 Å². The molecule has 2 rings (SSSR count). The number of aliphatic hydroxyl groups excluding tert-OH is 1. The number of rotatable bonds is 8. The highest BCUT2D eigenvalue weighted by molar-refractivity contribution is 5.76. The quantitative estimate of drug-likeness (QED) is 0.616. The zero-order chi connectivity index (χ0) is 23.7. The Balaban J connectivity index is 2.13. The molecule has 2 bridgehead atoms. The van der Waals surface area contributed by atoms with Crippen molar-refractivity contribution < 1.29 is 19.4 Å². The van der Waals surface area contributed by atoms with Gasteiger partial charge >= 0.3 is 0 Å². The highest BCUT2D eigenvalue weighted by Crippen LogP contribution is 2.18. The van der Waals surface area contributed by atoms with E-state index in [2.05, 4.69) is 15.2 Å². The highest BCUT2D eigenvalue weighted by atomic mass is 16.5. The van der Waals surface area contributed by atoms with Gasteiger partial charge in [-0.05, 0) is 40.4 Å². The average molecular weight is 453 g/mol. The maximum absolute atomic E-state index is 12.9. The van der Waals surface area contributed by atoms with E-state index in [1.165, 1.54) is 0 Å². The summed E-state index contributed by atoms with van der Waals surface area (Å²) in [5.41, 5.74) is 0.730. The van der Waals surface area contributed by atoms with Crippen LogP contribution in [0.1, 0.15) is 45.2 Å². The third-order valence-corrected chi connectivity index (χ3v) is 5.92. The number of carbonyl (C=O) groups excluding carboxylic acids is 2. The van der Waals surface area contributed by atoms with E-state index in [1.54, 1.807) is 21.5 Å². The van der Waals surface area contributed by atoms with Crippen LogP contribution in [-0.4, -0.2) is 106 Å². The fourth-order valence-electron chi connectivity index (χ4n) is 3.80. The first-order chi connectivity index (χ1) is 15.2. The molecule has 1 aromatic heterocycles. The van der Waals surface area contributed by atoms with Crippen LogP contribution >= 0.6 is 0 Å². The van der Waals surface area contributed by atoms with Gasteiger partial charge in [0.15, 0.2) is 0 Å². The van der Waals surface area contributed by atoms with Crippen LogP contribution in [0.3, 0.4) is 0 Å². The Bertz CT molecular complexity index is 725. The number of nitrogens with zero attached hydrogens (tertiary/aromatic N) is 6. The molecule has 10 nitrogen and oxygen atoms in total. The van der Waals surface area contributed by atoms with Gasteiger partial charge in [0.1, 0.15) is 5.69 Å². The van der Waals surface area contributed by atoms with Crippen molar-refractivity contribution in [3.8, 4) is 0 Å². The zero-order valence-electron chi connectivity index (χ0n) is 20.2. The molecular formula is C22H40N6O4. The first-order valence-electron chi connectivity index (χ1n) is 11.5. The zero-order valence-corrected chi connectivity index (χ0v) is 20.2. The van der Waals surface area contributed by atoms with Crippen molar-refractivity contribution in [1.29, 1.82) is 0 Å². The van der Waals surface area contributed by atoms with E-state index in [0.717, 1.165) is 18.7 Å². The van der Waals surface area contributed by atoms with E-state index in [4.69, 9.17) is 4.74 Å². The molecule has 0 aromatic carbocycles. The van der Waals surface area contributed by atoms with E-state index in [9.17, 15) is 14.7 Å². The minimum atomic E-state index is -0.287. The van der Waals surface area contributed by atoms with Gasteiger partial charge in [0.2, 0.25) is 11.8 Å². The number of ether oxygens (including phenoxy) is 1. The molecule has 0 spiro atoms. The monoisotopic (exact) mass is 452 g/mol. The number of hydrogen-bond donors (Lipinski definition) is 1. The fourth-order valence-corrected chi connectivity index (χ4v) is 3.80. The molecule has 182 valence electrons. The number of likely N-dealkylation sites (N-methyl/N-ethyl adjacent to an activating group) is 1. The number of aliphatic hydroxyl groups is 1. The van der Waals surface area contributed by atoms with Gasteiger partial charge in [-0.15, -0.1) is 5.10 Å². The number of fused-ring (bicyclic) bond motifs is 2. The lowest BCUT2D eigenvalue weighted by molar-refractivity contribution is -0.138. The van der Waals surface area contributed by atoms with E-state index in [1.807, 2.05) is 34.1 Å². The normalized spacial score (nSPS) is 21.6. The molecule has 1 N–H and O–H groups in total. The Labute approximate surface area is 191 Å². The van der Waals surface area contributed by atoms with Gasteiger partial charge in [-0.25, -0.2) is 0 Å². The van der Waals surface area contributed by atoms with E-state index in [-0.39, 0.29) is 36.5 Å². The summed E-state index contributed by atoms with van der Waals surface area (Å²) < 4.78 is 7.93. The lowest BCUT2D eigenvalue weighted by atomic mass is 10.0. The second kappa shape index (κ2) is 12.9. The largest absolute Gasteiger partial charge is 0.394 e. The summed E-state index contributed by atoms with van der Waals surface area (Å²) in [4.78, 5) is 31.0. The van der Waals surface area contributed by atoms with Crippen LogP contribution in [-0.2, 0) is 27.5 Å². The van der Waals surface area contributed by atoms with Gasteiger partial charge in [0.25, 0.3) is 0 Å². The summed E-state index contributed by atoms with van der Waals surface area (Å²) in [6.07, 6.45) is 3.87. The van der Waals surface area contributed by atoms with Crippen LogP contribution in [0.25, 0.3) is 0 Å². The molecule has 2 amide bonds. The summed E-state index contributed by atoms with van der Waals surface area (Å²) in [5.74, 6) is 0.0406. The standard InChI is InChI=1S/C22H40N6O4/c1-17-12-28(18(2)15-29)22(31)9-7-11-27-13-19(23-24-27)16-32-20(17)14-26(5)21(30)8-6-10-25(3)4/h13,17-18,20,29H,6-12,14-16H2,1-5H3/t17-,18-,20+/m0/s1. The minimum absolute atomic E-state index is 0.00449. The smallest absolute Gasteiger partial charge is 0.222 e. The Kier molecular flexibility index (Phi) is 10.5. The molecule has 0 fully saturated rings. The van der Waals surface area contributed by atoms with E-state index >= 15 is 0 Å². The van der Waals surface area contributed by atoms with Crippen LogP contribution in [0, 0.1) is 5.92 Å². The second-order valence-corrected chi connectivity index (χ2v) is 9.16. The van der Waals surface area contributed by atoms with Crippen molar-refractivity contribution >= 4 is 11.8 Å². The topological polar surface area (TPSA) is 104 Å². The molecular weight excluding hydrogens is 412 g/mol. The lowest BCUT2D eigenvalue weighted by Gasteiger charge is -2.35. The average Bonchev–Trinajstić information content (AvgIpc) is 3.20. The molecule has 2 heterocycles. The third kappa shape index (κ3) is 8.14. The SMILES string of the molecule is C[C@H]1CN([C@@H](C)CO)C(=O)CCCn2cc(nn2)CO[C@@H]1CN(C)C(=O)CCCN(C)C. The summed E-state index contributed by atoms with van der Waals surface area (Å²) in [6, 6.07) is -0.279. The summed E-state index contributed by atoms with van der Waals surface area (Å²) >= 11 is 0. The van der Waals surface area contributed by atoms with Gasteiger partial charge in [-0.1, -0.05) is 12.1 Å². The maximum atomic E-state index is 12.9. The Morgan fingerprint density at radius 1 is 1.38 bits per heavy atom. The number of aryl methyl sites for hydroxylation is 1. The third-order valence-electron chi connectivity index (χ3n) is 5.92. The molecule has 3 atom stereocenters. The molecule has 0 radical (unpaired) electrons. The first-order valence-corrected chi connectivity index (χ1v) is 11.5. The maximum Gasteiger partial charge on any atom is 0.222 e. The number of hydrogen-bond acceptors (Lipinski definition) is 7. The molecule has 1 aliphatic heterocycles. The lowest BCUT2D eigenvalue weighted by Crippen LogP contribution is -2.47. The van der Waals surface area contributed by atoms with Crippen LogP contribution in [0.2, 0.25) is 0 Å². The minimum Gasteiger partial charge on any atom is -0.394 e. The predicted octanol–water partition coefficient (Wildman–Crippen LogP) is 0.603. The summed E-state index contributed by atoms with van der Waals surface area (Å²) in [7, 11) is 5.78. The predicted molar refractivity (Wildman–Crippen MR) is 121 cm³/mol. The Morgan fingerprint density at radius 3 is 2.81 bits per heavy atom. The van der Waals surface area contributed by atoms with Crippen LogP contribution in [0.15, 0.2) is 6.20 Å². The van der Waals surface area contributed by atoms with Crippen molar-refractivity contribution in [3.63, 3.8) is 0 Å². The molecule has 1 aromatic rings. The Morgan fingerprint density at radius 2 is 2.12 bits per heavy atom. The van der Waals surface area contributed by atoms with E-state index in [0.29, 0.717) is 45.5 Å².